The number of sulfonamides is 1. The van der Waals surface area contributed by atoms with Crippen molar-refractivity contribution in [3.63, 3.8) is 0 Å². The first-order valence-electron chi connectivity index (χ1n) is 10.5. The van der Waals surface area contributed by atoms with Crippen LogP contribution in [-0.2, 0) is 26.1 Å². The molecule has 10 nitrogen and oxygen atoms in total. The Morgan fingerprint density at radius 3 is 2.70 bits per heavy atom. The van der Waals surface area contributed by atoms with Gasteiger partial charge in [0.25, 0.3) is 0 Å². The Morgan fingerprint density at radius 2 is 2.00 bits per heavy atom. The van der Waals surface area contributed by atoms with E-state index in [2.05, 4.69) is 15.5 Å². The molecule has 1 aliphatic rings. The van der Waals surface area contributed by atoms with Crippen LogP contribution in [0.5, 0.6) is 0 Å². The standard InChI is InChI=1S/C21H25N5O5S2/c1-3-26-20(17-5-4-10-31-17)23-24-21(26)32-14-19(27)22-16-7-6-15(2)18(13-16)33(28,29)25-8-11-30-12-9-25/h4-7,10,13H,3,8-9,11-12,14H2,1-2H3,(H,22,27). The van der Waals surface area contributed by atoms with Crippen LogP contribution < -0.4 is 5.32 Å². The molecule has 0 bridgehead atoms. The zero-order chi connectivity index (χ0) is 23.4. The Balaban J connectivity index is 1.44. The van der Waals surface area contributed by atoms with Gasteiger partial charge >= 0.3 is 0 Å². The van der Waals surface area contributed by atoms with Crippen LogP contribution in [0.4, 0.5) is 5.69 Å². The lowest BCUT2D eigenvalue weighted by atomic mass is 10.2. The Bertz CT molecular complexity index is 1220. The van der Waals surface area contributed by atoms with Crippen LogP contribution in [0.2, 0.25) is 0 Å². The normalized spacial score (nSPS) is 15.0. The van der Waals surface area contributed by atoms with Crippen molar-refractivity contribution in [2.24, 2.45) is 0 Å². The molecule has 3 aromatic rings. The van der Waals surface area contributed by atoms with Gasteiger partial charge in [-0.25, -0.2) is 8.42 Å². The predicted molar refractivity (Wildman–Crippen MR) is 124 cm³/mol. The maximum Gasteiger partial charge on any atom is 0.243 e. The Kier molecular flexibility index (Phi) is 7.17. The molecule has 1 amide bonds. The van der Waals surface area contributed by atoms with E-state index < -0.39 is 10.0 Å². The zero-order valence-electron chi connectivity index (χ0n) is 18.4. The van der Waals surface area contributed by atoms with E-state index in [-0.39, 0.29) is 16.6 Å². The number of carbonyl (C=O) groups is 1. The summed E-state index contributed by atoms with van der Waals surface area (Å²) in [6.45, 7) is 5.69. The molecule has 12 heteroatoms. The van der Waals surface area contributed by atoms with Crippen molar-refractivity contribution in [3.05, 3.63) is 42.2 Å². The van der Waals surface area contributed by atoms with E-state index in [9.17, 15) is 13.2 Å². The maximum atomic E-state index is 13.1. The van der Waals surface area contributed by atoms with Crippen molar-refractivity contribution in [1.29, 1.82) is 0 Å². The highest BCUT2D eigenvalue weighted by atomic mass is 32.2. The number of carbonyl (C=O) groups excluding carboxylic acids is 1. The third kappa shape index (κ3) is 5.13. The molecule has 1 N–H and O–H groups in total. The molecule has 0 radical (unpaired) electrons. The highest BCUT2D eigenvalue weighted by Crippen LogP contribution is 2.26. The van der Waals surface area contributed by atoms with Crippen molar-refractivity contribution < 1.29 is 22.4 Å². The van der Waals surface area contributed by atoms with Gasteiger partial charge in [-0.3, -0.25) is 9.36 Å². The zero-order valence-corrected chi connectivity index (χ0v) is 20.0. The van der Waals surface area contributed by atoms with E-state index >= 15 is 0 Å². The number of amides is 1. The number of furan rings is 1. The second-order valence-corrected chi connectivity index (χ2v) is 10.2. The first-order valence-corrected chi connectivity index (χ1v) is 12.9. The topological polar surface area (TPSA) is 120 Å². The average Bonchev–Trinajstić information content (AvgIpc) is 3.49. The lowest BCUT2D eigenvalue weighted by molar-refractivity contribution is -0.113. The van der Waals surface area contributed by atoms with Crippen molar-refractivity contribution in [3.8, 4) is 11.6 Å². The van der Waals surface area contributed by atoms with Crippen LogP contribution in [0.25, 0.3) is 11.6 Å². The van der Waals surface area contributed by atoms with Crippen LogP contribution in [0.1, 0.15) is 12.5 Å². The smallest absolute Gasteiger partial charge is 0.243 e. The Morgan fingerprint density at radius 1 is 1.21 bits per heavy atom. The van der Waals surface area contributed by atoms with E-state index in [1.54, 1.807) is 37.5 Å². The molecule has 0 saturated carbocycles. The first kappa shape index (κ1) is 23.5. The lowest BCUT2D eigenvalue weighted by Crippen LogP contribution is -2.40. The number of ether oxygens (including phenoxy) is 1. The molecule has 0 atom stereocenters. The molecule has 2 aromatic heterocycles. The number of thioether (sulfide) groups is 1. The summed E-state index contributed by atoms with van der Waals surface area (Å²) >= 11 is 1.25. The molecule has 4 rings (SSSR count). The van der Waals surface area contributed by atoms with Gasteiger partial charge in [-0.15, -0.1) is 10.2 Å². The van der Waals surface area contributed by atoms with Crippen molar-refractivity contribution >= 4 is 33.4 Å². The molecule has 0 spiro atoms. The summed E-state index contributed by atoms with van der Waals surface area (Å²) in [7, 11) is -3.67. The van der Waals surface area contributed by atoms with Gasteiger partial charge in [0.05, 0.1) is 30.1 Å². The van der Waals surface area contributed by atoms with Crippen molar-refractivity contribution in [2.45, 2.75) is 30.4 Å². The minimum atomic E-state index is -3.67. The van der Waals surface area contributed by atoms with Crippen LogP contribution in [-0.4, -0.2) is 65.5 Å². The second-order valence-electron chi connectivity index (χ2n) is 7.36. The molecule has 0 unspecified atom stereocenters. The van der Waals surface area contributed by atoms with Crippen LogP contribution in [0.3, 0.4) is 0 Å². The number of benzene rings is 1. The molecular weight excluding hydrogens is 466 g/mol. The summed E-state index contributed by atoms with van der Waals surface area (Å²) < 4.78 is 40.1. The lowest BCUT2D eigenvalue weighted by Gasteiger charge is -2.26. The highest BCUT2D eigenvalue weighted by molar-refractivity contribution is 7.99. The fourth-order valence-corrected chi connectivity index (χ4v) is 5.94. The molecule has 33 heavy (non-hydrogen) atoms. The molecule has 3 heterocycles. The molecular formula is C21H25N5O5S2. The number of hydrogen-bond donors (Lipinski definition) is 1. The summed E-state index contributed by atoms with van der Waals surface area (Å²) in [5, 5.41) is 11.7. The van der Waals surface area contributed by atoms with E-state index in [4.69, 9.17) is 9.15 Å². The van der Waals surface area contributed by atoms with Gasteiger partial charge in [0, 0.05) is 25.3 Å². The van der Waals surface area contributed by atoms with Crippen LogP contribution in [0, 0.1) is 6.92 Å². The third-order valence-corrected chi connectivity index (χ3v) is 8.17. The monoisotopic (exact) mass is 491 g/mol. The molecule has 176 valence electrons. The van der Waals surface area contributed by atoms with Gasteiger partial charge in [-0.2, -0.15) is 4.31 Å². The number of rotatable bonds is 8. The average molecular weight is 492 g/mol. The minimum absolute atomic E-state index is 0.0930. The SMILES string of the molecule is CCn1c(SCC(=O)Nc2ccc(C)c(S(=O)(=O)N3CCOCC3)c2)nnc1-c1ccco1. The molecule has 1 aromatic carbocycles. The summed E-state index contributed by atoms with van der Waals surface area (Å²) in [6, 6.07) is 8.47. The first-order chi connectivity index (χ1) is 15.9. The summed E-state index contributed by atoms with van der Waals surface area (Å²) in [5.41, 5.74) is 1.04. The van der Waals surface area contributed by atoms with E-state index in [0.29, 0.717) is 60.8 Å². The van der Waals surface area contributed by atoms with Gasteiger partial charge in [0.1, 0.15) is 0 Å². The van der Waals surface area contributed by atoms with Crippen molar-refractivity contribution in [2.75, 3.05) is 37.4 Å². The molecule has 1 fully saturated rings. The highest BCUT2D eigenvalue weighted by Gasteiger charge is 2.28. The van der Waals surface area contributed by atoms with Gasteiger partial charge in [0.2, 0.25) is 15.9 Å². The number of nitrogens with zero attached hydrogens (tertiary/aromatic N) is 4. The Hall–Kier alpha value is -2.67. The van der Waals surface area contributed by atoms with Crippen LogP contribution in [0.15, 0.2) is 51.1 Å². The predicted octanol–water partition coefficient (Wildman–Crippen LogP) is 2.62. The van der Waals surface area contributed by atoms with Gasteiger partial charge < -0.3 is 14.5 Å². The fourth-order valence-electron chi connectivity index (χ4n) is 3.48. The number of aromatic nitrogens is 3. The number of anilines is 1. The largest absolute Gasteiger partial charge is 0.461 e. The summed E-state index contributed by atoms with van der Waals surface area (Å²) in [5.74, 6) is 1.02. The summed E-state index contributed by atoms with van der Waals surface area (Å²) in [4.78, 5) is 12.8. The van der Waals surface area contributed by atoms with Gasteiger partial charge in [-0.05, 0) is 43.7 Å². The maximum absolute atomic E-state index is 13.1. The number of nitrogens with one attached hydrogen (secondary N) is 1. The fraction of sp³-hybridized carbons (Fsp3) is 0.381. The third-order valence-electron chi connectivity index (χ3n) is 5.17. The quantitative estimate of drug-likeness (QED) is 0.478. The van der Waals surface area contributed by atoms with Crippen molar-refractivity contribution in [1.82, 2.24) is 19.1 Å². The second kappa shape index (κ2) is 10.1. The molecule has 1 saturated heterocycles. The molecule has 1 aliphatic heterocycles. The van der Waals surface area contributed by atoms with E-state index in [1.165, 1.54) is 22.1 Å². The summed E-state index contributed by atoms with van der Waals surface area (Å²) in [6.07, 6.45) is 1.57. The number of aryl methyl sites for hydroxylation is 1. The van der Waals surface area contributed by atoms with Crippen LogP contribution >= 0.6 is 11.8 Å². The Labute approximate surface area is 196 Å². The minimum Gasteiger partial charge on any atom is -0.461 e. The number of hydrogen-bond acceptors (Lipinski definition) is 8. The number of morpholine rings is 1. The molecule has 0 aliphatic carbocycles. The van der Waals surface area contributed by atoms with E-state index in [1.807, 2.05) is 11.5 Å². The van der Waals surface area contributed by atoms with Gasteiger partial charge in [0.15, 0.2) is 16.7 Å². The van der Waals surface area contributed by atoms with E-state index in [0.717, 1.165) is 0 Å². The van der Waals surface area contributed by atoms with Gasteiger partial charge in [-0.1, -0.05) is 17.8 Å².